The number of ether oxygens (including phenoxy) is 1. The van der Waals surface area contributed by atoms with Crippen molar-refractivity contribution in [1.82, 2.24) is 9.55 Å². The lowest BCUT2D eigenvalue weighted by Crippen LogP contribution is -2.31. The molecular formula is C18H18N2O4S. The lowest BCUT2D eigenvalue weighted by atomic mass is 10.0. The van der Waals surface area contributed by atoms with Crippen molar-refractivity contribution in [3.8, 4) is 0 Å². The molecule has 0 fully saturated rings. The molecule has 25 heavy (non-hydrogen) atoms. The van der Waals surface area contributed by atoms with Crippen LogP contribution in [0.5, 0.6) is 0 Å². The number of rotatable bonds is 5. The third-order valence-corrected chi connectivity index (χ3v) is 5.05. The molecule has 1 aliphatic rings. The second-order valence-electron chi connectivity index (χ2n) is 5.72. The Balaban J connectivity index is 1.74. The van der Waals surface area contributed by atoms with Crippen molar-refractivity contribution < 1.29 is 14.3 Å². The molecule has 6 nitrogen and oxygen atoms in total. The van der Waals surface area contributed by atoms with E-state index in [2.05, 4.69) is 4.98 Å². The predicted octanol–water partition coefficient (Wildman–Crippen LogP) is 2.34. The maximum Gasteiger partial charge on any atom is 0.346 e. The molecule has 2 heterocycles. The highest BCUT2D eigenvalue weighted by molar-refractivity contribution is 7.99. The van der Waals surface area contributed by atoms with Gasteiger partial charge in [0.15, 0.2) is 11.3 Å². The van der Waals surface area contributed by atoms with E-state index < -0.39 is 17.6 Å². The van der Waals surface area contributed by atoms with Crippen LogP contribution >= 0.6 is 11.8 Å². The maximum atomic E-state index is 12.4. The number of fused-ring (bicyclic) bond motifs is 1. The van der Waals surface area contributed by atoms with Gasteiger partial charge in [0.25, 0.3) is 5.56 Å². The van der Waals surface area contributed by atoms with E-state index in [1.165, 1.54) is 29.4 Å². The number of aryl methyl sites for hydroxylation is 1. The number of carbonyl (C=O) groups excluding carboxylic acids is 2. The van der Waals surface area contributed by atoms with Gasteiger partial charge in [0, 0.05) is 17.9 Å². The SMILES string of the molecule is CCc1ccc(C(=O)[C@H](C)OC(=O)c2cnc3n(c2=O)CCS3)cc1. The summed E-state index contributed by atoms with van der Waals surface area (Å²) in [5.41, 5.74) is 1.02. The van der Waals surface area contributed by atoms with Gasteiger partial charge in [-0.2, -0.15) is 0 Å². The van der Waals surface area contributed by atoms with Crippen molar-refractivity contribution in [2.24, 2.45) is 0 Å². The summed E-state index contributed by atoms with van der Waals surface area (Å²) in [6, 6.07) is 7.18. The summed E-state index contributed by atoms with van der Waals surface area (Å²) in [6.07, 6.45) is 1.13. The number of ketones is 1. The number of benzene rings is 1. The van der Waals surface area contributed by atoms with Crippen LogP contribution < -0.4 is 5.56 Å². The van der Waals surface area contributed by atoms with Crippen LogP contribution in [0.15, 0.2) is 40.4 Å². The summed E-state index contributed by atoms with van der Waals surface area (Å²) >= 11 is 1.47. The Morgan fingerprint density at radius 2 is 2.04 bits per heavy atom. The van der Waals surface area contributed by atoms with Gasteiger partial charge in [0.05, 0.1) is 6.20 Å². The van der Waals surface area contributed by atoms with Crippen molar-refractivity contribution in [3.05, 3.63) is 57.5 Å². The molecule has 1 aromatic carbocycles. The molecule has 7 heteroatoms. The molecular weight excluding hydrogens is 340 g/mol. The van der Waals surface area contributed by atoms with E-state index >= 15 is 0 Å². The minimum Gasteiger partial charge on any atom is -0.450 e. The van der Waals surface area contributed by atoms with Gasteiger partial charge in [-0.1, -0.05) is 43.0 Å². The van der Waals surface area contributed by atoms with Gasteiger partial charge in [-0.05, 0) is 18.9 Å². The van der Waals surface area contributed by atoms with Gasteiger partial charge in [-0.3, -0.25) is 14.2 Å². The first-order valence-corrected chi connectivity index (χ1v) is 9.06. The van der Waals surface area contributed by atoms with E-state index in [1.807, 2.05) is 19.1 Å². The number of hydrogen-bond donors (Lipinski definition) is 0. The van der Waals surface area contributed by atoms with Crippen molar-refractivity contribution in [2.45, 2.75) is 38.1 Å². The predicted molar refractivity (Wildman–Crippen MR) is 94.2 cm³/mol. The van der Waals surface area contributed by atoms with Crippen molar-refractivity contribution >= 4 is 23.5 Å². The molecule has 0 radical (unpaired) electrons. The molecule has 3 rings (SSSR count). The Hall–Kier alpha value is -2.41. The summed E-state index contributed by atoms with van der Waals surface area (Å²) in [6.45, 7) is 4.05. The van der Waals surface area contributed by atoms with Crippen LogP contribution in [0.3, 0.4) is 0 Å². The Bertz CT molecular complexity index is 874. The second-order valence-corrected chi connectivity index (χ2v) is 6.78. The van der Waals surface area contributed by atoms with E-state index in [9.17, 15) is 14.4 Å². The largest absolute Gasteiger partial charge is 0.450 e. The smallest absolute Gasteiger partial charge is 0.346 e. The fourth-order valence-corrected chi connectivity index (χ4v) is 3.49. The zero-order chi connectivity index (χ0) is 18.0. The monoisotopic (exact) mass is 358 g/mol. The number of hydrogen-bond acceptors (Lipinski definition) is 6. The molecule has 0 bridgehead atoms. The lowest BCUT2D eigenvalue weighted by molar-refractivity contribution is 0.0315. The number of nitrogens with zero attached hydrogens (tertiary/aromatic N) is 2. The minimum atomic E-state index is -0.980. The second kappa shape index (κ2) is 7.23. The summed E-state index contributed by atoms with van der Waals surface area (Å²) in [5.74, 6) is -0.375. The van der Waals surface area contributed by atoms with Crippen molar-refractivity contribution in [1.29, 1.82) is 0 Å². The van der Waals surface area contributed by atoms with Crippen LogP contribution in [0.25, 0.3) is 0 Å². The van der Waals surface area contributed by atoms with Crippen LogP contribution in [0.2, 0.25) is 0 Å². The fraction of sp³-hybridized carbons (Fsp3) is 0.333. The van der Waals surface area contributed by atoms with Crippen LogP contribution in [0, 0.1) is 0 Å². The number of Topliss-reactive ketones (excluding diaryl/α,β-unsaturated/α-hetero) is 1. The average molecular weight is 358 g/mol. The zero-order valence-electron chi connectivity index (χ0n) is 14.0. The Kier molecular flexibility index (Phi) is 5.03. The normalized spacial score (nSPS) is 14.0. The van der Waals surface area contributed by atoms with Crippen LogP contribution in [0.4, 0.5) is 0 Å². The van der Waals surface area contributed by atoms with E-state index in [0.717, 1.165) is 17.7 Å². The molecule has 0 unspecified atom stereocenters. The standard InChI is InChI=1S/C18H18N2O4S/c1-3-12-4-6-13(7-5-12)15(21)11(2)24-17(23)14-10-19-18-20(16(14)22)8-9-25-18/h4-7,10-11H,3,8-9H2,1-2H3/t11-/m0/s1. The molecule has 0 saturated carbocycles. The summed E-state index contributed by atoms with van der Waals surface area (Å²) in [5, 5.41) is 0.599. The first-order chi connectivity index (χ1) is 12.0. The minimum absolute atomic E-state index is 0.146. The maximum absolute atomic E-state index is 12.4. The first-order valence-electron chi connectivity index (χ1n) is 8.08. The highest BCUT2D eigenvalue weighted by Gasteiger charge is 2.25. The number of aromatic nitrogens is 2. The molecule has 130 valence electrons. The lowest BCUT2D eigenvalue weighted by Gasteiger charge is -2.13. The molecule has 0 amide bonds. The quantitative estimate of drug-likeness (QED) is 0.464. The highest BCUT2D eigenvalue weighted by atomic mass is 32.2. The van der Waals surface area contributed by atoms with E-state index in [0.29, 0.717) is 17.3 Å². The molecule has 1 aromatic heterocycles. The van der Waals surface area contributed by atoms with E-state index in [4.69, 9.17) is 4.74 Å². The van der Waals surface area contributed by atoms with E-state index in [-0.39, 0.29) is 11.3 Å². The van der Waals surface area contributed by atoms with Gasteiger partial charge in [-0.15, -0.1) is 0 Å². The van der Waals surface area contributed by atoms with Gasteiger partial charge in [-0.25, -0.2) is 9.78 Å². The molecule has 1 atom stereocenters. The fourth-order valence-electron chi connectivity index (χ4n) is 2.57. The van der Waals surface area contributed by atoms with Crippen LogP contribution in [0.1, 0.15) is 40.1 Å². The molecule has 0 saturated heterocycles. The van der Waals surface area contributed by atoms with Crippen molar-refractivity contribution in [3.63, 3.8) is 0 Å². The molecule has 2 aromatic rings. The van der Waals surface area contributed by atoms with E-state index in [1.54, 1.807) is 12.1 Å². The van der Waals surface area contributed by atoms with Crippen LogP contribution in [-0.4, -0.2) is 33.2 Å². The molecule has 1 aliphatic heterocycles. The summed E-state index contributed by atoms with van der Waals surface area (Å²) in [7, 11) is 0. The summed E-state index contributed by atoms with van der Waals surface area (Å²) in [4.78, 5) is 41.1. The molecule has 0 spiro atoms. The Labute approximate surface area is 149 Å². The Morgan fingerprint density at radius 3 is 2.72 bits per heavy atom. The van der Waals surface area contributed by atoms with Gasteiger partial charge in [0.2, 0.25) is 5.78 Å². The third-order valence-electron chi connectivity index (χ3n) is 4.08. The number of carbonyl (C=O) groups is 2. The Morgan fingerprint density at radius 1 is 1.32 bits per heavy atom. The highest BCUT2D eigenvalue weighted by Crippen LogP contribution is 2.20. The number of thioether (sulfide) groups is 1. The average Bonchev–Trinajstić information content (AvgIpc) is 3.11. The van der Waals surface area contributed by atoms with Crippen molar-refractivity contribution in [2.75, 3.05) is 5.75 Å². The van der Waals surface area contributed by atoms with Gasteiger partial charge < -0.3 is 4.74 Å². The first kappa shape index (κ1) is 17.4. The zero-order valence-corrected chi connectivity index (χ0v) is 14.8. The molecule has 0 aliphatic carbocycles. The molecule has 0 N–H and O–H groups in total. The topological polar surface area (TPSA) is 78.3 Å². The number of esters is 1. The van der Waals surface area contributed by atoms with Crippen LogP contribution in [-0.2, 0) is 17.7 Å². The van der Waals surface area contributed by atoms with Gasteiger partial charge in [0.1, 0.15) is 5.56 Å². The van der Waals surface area contributed by atoms with Gasteiger partial charge >= 0.3 is 5.97 Å². The summed E-state index contributed by atoms with van der Waals surface area (Å²) < 4.78 is 6.66. The third kappa shape index (κ3) is 3.51.